The van der Waals surface area contributed by atoms with Crippen molar-refractivity contribution in [1.82, 2.24) is 20.1 Å². The van der Waals surface area contributed by atoms with Gasteiger partial charge >= 0.3 is 0 Å². The van der Waals surface area contributed by atoms with Crippen LogP contribution in [0.15, 0.2) is 52.9 Å². The van der Waals surface area contributed by atoms with Gasteiger partial charge in [-0.05, 0) is 24.3 Å². The summed E-state index contributed by atoms with van der Waals surface area (Å²) in [6.45, 7) is 1.34. The van der Waals surface area contributed by atoms with Crippen molar-refractivity contribution in [2.45, 2.75) is 17.3 Å². The number of fused-ring (bicyclic) bond motifs is 3. The minimum Gasteiger partial charge on any atom is -0.358 e. The molecule has 30 heavy (non-hydrogen) atoms. The lowest BCUT2D eigenvalue weighted by Gasteiger charge is -2.27. The predicted octanol–water partition coefficient (Wildman–Crippen LogP) is 4.58. The maximum Gasteiger partial charge on any atom is 0.233 e. The molecule has 0 bridgehead atoms. The third-order valence-electron chi connectivity index (χ3n) is 5.04. The summed E-state index contributed by atoms with van der Waals surface area (Å²) >= 11 is 2.72. The van der Waals surface area contributed by atoms with Crippen molar-refractivity contribution in [3.63, 3.8) is 0 Å². The van der Waals surface area contributed by atoms with Gasteiger partial charge in [-0.3, -0.25) is 4.79 Å². The molecule has 0 radical (unpaired) electrons. The fraction of sp³-hybridized carbons (Fsp3) is 0.190. The molecular weight excluding hydrogens is 421 g/mol. The molecule has 2 aromatic carbocycles. The number of nitrogens with one attached hydrogen (secondary N) is 2. The normalized spacial score (nSPS) is 13.4. The van der Waals surface area contributed by atoms with E-state index in [1.54, 1.807) is 12.1 Å². The van der Waals surface area contributed by atoms with Gasteiger partial charge in [0.25, 0.3) is 0 Å². The summed E-state index contributed by atoms with van der Waals surface area (Å²) in [4.78, 5) is 18.1. The lowest BCUT2D eigenvalue weighted by molar-refractivity contribution is -0.129. The Labute approximate surface area is 180 Å². The Morgan fingerprint density at radius 2 is 2.13 bits per heavy atom. The van der Waals surface area contributed by atoms with Crippen molar-refractivity contribution in [2.75, 3.05) is 17.6 Å². The molecule has 0 fully saturated rings. The number of amides is 1. The molecule has 0 atom stereocenters. The number of hydrogen-bond acceptors (Lipinski definition) is 6. The minimum absolute atomic E-state index is 0.0887. The van der Waals surface area contributed by atoms with E-state index in [1.165, 1.54) is 51.9 Å². The maximum absolute atomic E-state index is 13.3. The quantitative estimate of drug-likeness (QED) is 0.445. The standard InChI is InChI=1S/C21H18FN5OS2/c22-13-4-3-5-14(10-13)23-20-25-26-21(30-20)29-12-19(28)27-9-8-18-16(11-27)15-6-1-2-7-17(15)24-18/h1-7,10,24H,8-9,11-12H2,(H,23,25). The van der Waals surface area contributed by atoms with Gasteiger partial charge in [0.2, 0.25) is 11.0 Å². The Kier molecular flexibility index (Phi) is 5.14. The van der Waals surface area contributed by atoms with Crippen LogP contribution in [0.4, 0.5) is 15.2 Å². The molecule has 4 aromatic rings. The first kappa shape index (κ1) is 19.1. The van der Waals surface area contributed by atoms with Crippen LogP contribution in [-0.4, -0.2) is 38.3 Å². The molecule has 0 unspecified atom stereocenters. The minimum atomic E-state index is -0.315. The molecule has 2 aromatic heterocycles. The first-order valence-corrected chi connectivity index (χ1v) is 11.3. The number of rotatable bonds is 5. The molecular formula is C21H18FN5OS2. The molecule has 1 aliphatic heterocycles. The first-order chi connectivity index (χ1) is 14.7. The summed E-state index contributed by atoms with van der Waals surface area (Å²) < 4.78 is 14.0. The van der Waals surface area contributed by atoms with E-state index < -0.39 is 0 Å². The number of aromatic amines is 1. The highest BCUT2D eigenvalue weighted by molar-refractivity contribution is 8.01. The number of halogens is 1. The lowest BCUT2D eigenvalue weighted by Crippen LogP contribution is -2.36. The molecule has 9 heteroatoms. The van der Waals surface area contributed by atoms with Gasteiger partial charge in [0.1, 0.15) is 5.82 Å². The zero-order valence-electron chi connectivity index (χ0n) is 15.9. The molecule has 0 spiro atoms. The summed E-state index contributed by atoms with van der Waals surface area (Å²) in [5.74, 6) is 0.0853. The second kappa shape index (κ2) is 8.08. The Bertz CT molecular complexity index is 1220. The molecule has 152 valence electrons. The number of carbonyl (C=O) groups is 1. The van der Waals surface area contributed by atoms with E-state index in [0.29, 0.717) is 34.0 Å². The zero-order chi connectivity index (χ0) is 20.5. The molecule has 3 heterocycles. The van der Waals surface area contributed by atoms with Gasteiger partial charge in [0, 0.05) is 47.4 Å². The van der Waals surface area contributed by atoms with Crippen LogP contribution in [0.25, 0.3) is 10.9 Å². The Morgan fingerprint density at radius 3 is 3.03 bits per heavy atom. The van der Waals surface area contributed by atoms with E-state index in [0.717, 1.165) is 11.9 Å². The largest absolute Gasteiger partial charge is 0.358 e. The summed E-state index contributed by atoms with van der Waals surface area (Å²) in [6.07, 6.45) is 0.834. The Balaban J connectivity index is 1.20. The number of H-pyrrole nitrogens is 1. The predicted molar refractivity (Wildman–Crippen MR) is 118 cm³/mol. The zero-order valence-corrected chi connectivity index (χ0v) is 17.5. The number of carbonyl (C=O) groups excluding carboxylic acids is 1. The second-order valence-corrected chi connectivity index (χ2v) is 9.19. The average Bonchev–Trinajstić information content (AvgIpc) is 3.35. The van der Waals surface area contributed by atoms with Crippen molar-refractivity contribution in [2.24, 2.45) is 0 Å². The number of para-hydroxylation sites is 1. The van der Waals surface area contributed by atoms with Gasteiger partial charge < -0.3 is 15.2 Å². The number of nitrogens with zero attached hydrogens (tertiary/aromatic N) is 3. The topological polar surface area (TPSA) is 73.9 Å². The van der Waals surface area contributed by atoms with E-state index in [-0.39, 0.29) is 11.7 Å². The third-order valence-corrected chi connectivity index (χ3v) is 6.99. The van der Waals surface area contributed by atoms with Gasteiger partial charge in [0.15, 0.2) is 4.34 Å². The number of hydrogen-bond donors (Lipinski definition) is 2. The van der Waals surface area contributed by atoms with E-state index in [4.69, 9.17) is 0 Å². The molecule has 0 saturated heterocycles. The number of thioether (sulfide) groups is 1. The summed E-state index contributed by atoms with van der Waals surface area (Å²) in [5.41, 5.74) is 4.18. The van der Waals surface area contributed by atoms with Crippen molar-refractivity contribution >= 4 is 50.7 Å². The van der Waals surface area contributed by atoms with Crippen molar-refractivity contribution in [3.05, 3.63) is 65.6 Å². The van der Waals surface area contributed by atoms with Crippen LogP contribution >= 0.6 is 23.1 Å². The highest BCUT2D eigenvalue weighted by Gasteiger charge is 2.24. The maximum atomic E-state index is 13.3. The fourth-order valence-electron chi connectivity index (χ4n) is 3.60. The van der Waals surface area contributed by atoms with Crippen molar-refractivity contribution in [1.29, 1.82) is 0 Å². The van der Waals surface area contributed by atoms with Crippen LogP contribution in [0.1, 0.15) is 11.3 Å². The SMILES string of the molecule is O=C(CSc1nnc(Nc2cccc(F)c2)s1)N1CCc2[nH]c3ccccc3c2C1. The van der Waals surface area contributed by atoms with E-state index in [2.05, 4.69) is 32.6 Å². The molecule has 1 aliphatic rings. The lowest BCUT2D eigenvalue weighted by atomic mass is 10.0. The monoisotopic (exact) mass is 439 g/mol. The van der Waals surface area contributed by atoms with E-state index in [9.17, 15) is 9.18 Å². The van der Waals surface area contributed by atoms with E-state index in [1.807, 2.05) is 17.0 Å². The van der Waals surface area contributed by atoms with Gasteiger partial charge in [-0.1, -0.05) is 47.4 Å². The fourth-order valence-corrected chi connectivity index (χ4v) is 5.28. The van der Waals surface area contributed by atoms with Crippen molar-refractivity contribution < 1.29 is 9.18 Å². The van der Waals surface area contributed by atoms with Crippen LogP contribution < -0.4 is 5.32 Å². The summed E-state index contributed by atoms with van der Waals surface area (Å²) in [7, 11) is 0. The molecule has 0 saturated carbocycles. The van der Waals surface area contributed by atoms with Crippen LogP contribution in [0.5, 0.6) is 0 Å². The second-order valence-electron chi connectivity index (χ2n) is 6.99. The van der Waals surface area contributed by atoms with Crippen LogP contribution in [-0.2, 0) is 17.8 Å². The van der Waals surface area contributed by atoms with Crippen LogP contribution in [0.3, 0.4) is 0 Å². The van der Waals surface area contributed by atoms with Crippen LogP contribution in [0, 0.1) is 5.82 Å². The average molecular weight is 440 g/mol. The Morgan fingerprint density at radius 1 is 1.23 bits per heavy atom. The highest BCUT2D eigenvalue weighted by atomic mass is 32.2. The number of anilines is 2. The highest BCUT2D eigenvalue weighted by Crippen LogP contribution is 2.30. The van der Waals surface area contributed by atoms with Crippen molar-refractivity contribution in [3.8, 4) is 0 Å². The third kappa shape index (κ3) is 3.90. The number of aromatic nitrogens is 3. The smallest absolute Gasteiger partial charge is 0.233 e. The first-order valence-electron chi connectivity index (χ1n) is 9.51. The summed E-state index contributed by atoms with van der Waals surface area (Å²) in [5, 5.41) is 13.0. The van der Waals surface area contributed by atoms with Gasteiger partial charge in [-0.25, -0.2) is 4.39 Å². The van der Waals surface area contributed by atoms with Gasteiger partial charge in [-0.15, -0.1) is 10.2 Å². The Hall–Kier alpha value is -2.91. The molecule has 0 aliphatic carbocycles. The van der Waals surface area contributed by atoms with Crippen LogP contribution in [0.2, 0.25) is 0 Å². The molecule has 2 N–H and O–H groups in total. The molecule has 5 rings (SSSR count). The summed E-state index contributed by atoms with van der Waals surface area (Å²) in [6, 6.07) is 14.4. The van der Waals surface area contributed by atoms with Gasteiger partial charge in [-0.2, -0.15) is 0 Å². The van der Waals surface area contributed by atoms with Gasteiger partial charge in [0.05, 0.1) is 5.75 Å². The molecule has 1 amide bonds. The molecule has 6 nitrogen and oxygen atoms in total. The number of benzene rings is 2. The van der Waals surface area contributed by atoms with E-state index >= 15 is 0 Å².